The van der Waals surface area contributed by atoms with E-state index in [0.717, 1.165) is 0 Å². The summed E-state index contributed by atoms with van der Waals surface area (Å²) in [6.45, 7) is 0. The summed E-state index contributed by atoms with van der Waals surface area (Å²) < 4.78 is 0. The van der Waals surface area contributed by atoms with E-state index in [9.17, 15) is 0 Å². The van der Waals surface area contributed by atoms with Gasteiger partial charge in [0.1, 0.15) is 0 Å². The van der Waals surface area contributed by atoms with Crippen LogP contribution in [0.25, 0.3) is 6.08 Å². The lowest BCUT2D eigenvalue weighted by atomic mass is 9.95. The summed E-state index contributed by atoms with van der Waals surface area (Å²) in [5.41, 5.74) is 2.71. The van der Waals surface area contributed by atoms with Gasteiger partial charge in [0.15, 0.2) is 0 Å². The Bertz CT molecular complexity index is 440. The summed E-state index contributed by atoms with van der Waals surface area (Å²) in [6, 6.07) is 8.93. The first-order valence-corrected chi connectivity index (χ1v) is 4.85. The Morgan fingerprint density at radius 1 is 1.00 bits per heavy atom. The molecule has 0 aliphatic carbocycles. The molecule has 1 heteroatoms. The van der Waals surface area contributed by atoms with Crippen LogP contribution in [0.1, 0.15) is 17.2 Å². The van der Waals surface area contributed by atoms with Crippen molar-refractivity contribution in [2.75, 3.05) is 0 Å². The van der Waals surface area contributed by atoms with Crippen molar-refractivity contribution in [2.45, 2.75) is 6.04 Å². The average Bonchev–Trinajstić information content (AvgIpc) is 2.29. The maximum atomic E-state index is 2.22. The quantitative estimate of drug-likeness (QED) is 0.594. The fourth-order valence-electron chi connectivity index (χ4n) is 2.02. The normalized spacial score (nSPS) is 22.0. The molecule has 0 radical (unpaired) electrons. The molecule has 1 nitrogen and oxygen atoms in total. The molecule has 1 aromatic carbocycles. The number of hydrogen-bond donors (Lipinski definition) is 0. The molecule has 1 atom stereocenters. The summed E-state index contributed by atoms with van der Waals surface area (Å²) in [4.78, 5) is 2.22. The van der Waals surface area contributed by atoms with Crippen molar-refractivity contribution in [1.29, 1.82) is 0 Å². The molecule has 14 heavy (non-hydrogen) atoms. The minimum atomic E-state index is 0.390. The van der Waals surface area contributed by atoms with Crippen LogP contribution in [0.3, 0.4) is 0 Å². The fourth-order valence-corrected chi connectivity index (χ4v) is 2.02. The Labute approximate surface area is 83.7 Å². The molecule has 0 amide bonds. The van der Waals surface area contributed by atoms with Crippen molar-refractivity contribution in [3.8, 4) is 0 Å². The summed E-state index contributed by atoms with van der Waals surface area (Å²) in [5, 5.41) is 0. The van der Waals surface area contributed by atoms with Gasteiger partial charge in [-0.25, -0.2) is 0 Å². The van der Waals surface area contributed by atoms with Crippen molar-refractivity contribution in [1.82, 2.24) is 4.90 Å². The number of allylic oxidation sites excluding steroid dienone is 2. The van der Waals surface area contributed by atoms with E-state index in [2.05, 4.69) is 65.9 Å². The van der Waals surface area contributed by atoms with E-state index in [1.165, 1.54) is 11.1 Å². The van der Waals surface area contributed by atoms with E-state index in [1.54, 1.807) is 0 Å². The number of fused-ring (bicyclic) bond motifs is 3. The zero-order chi connectivity index (χ0) is 9.38. The van der Waals surface area contributed by atoms with Gasteiger partial charge in [0.05, 0.1) is 6.04 Å². The van der Waals surface area contributed by atoms with Gasteiger partial charge in [-0.3, -0.25) is 0 Å². The predicted octanol–water partition coefficient (Wildman–Crippen LogP) is 3.10. The lowest BCUT2D eigenvalue weighted by Gasteiger charge is -2.31. The highest BCUT2D eigenvalue weighted by atomic mass is 15.1. The zero-order valence-electron chi connectivity index (χ0n) is 7.80. The van der Waals surface area contributed by atoms with Gasteiger partial charge in [-0.1, -0.05) is 36.4 Å². The Kier molecular flexibility index (Phi) is 1.57. The number of rotatable bonds is 0. The molecule has 0 bridgehead atoms. The molecule has 2 aliphatic rings. The molecule has 68 valence electrons. The van der Waals surface area contributed by atoms with E-state index in [1.807, 2.05) is 0 Å². The van der Waals surface area contributed by atoms with Crippen LogP contribution in [0.2, 0.25) is 0 Å². The molecule has 1 unspecified atom stereocenters. The van der Waals surface area contributed by atoms with Crippen LogP contribution < -0.4 is 0 Å². The molecule has 0 saturated carbocycles. The highest BCUT2D eigenvalue weighted by molar-refractivity contribution is 5.58. The summed E-state index contributed by atoms with van der Waals surface area (Å²) in [6.07, 6.45) is 12.8. The third-order valence-corrected chi connectivity index (χ3v) is 2.72. The second-order valence-corrected chi connectivity index (χ2v) is 3.56. The third-order valence-electron chi connectivity index (χ3n) is 2.72. The molecular weight excluding hydrogens is 170 g/mol. The molecule has 1 aromatic rings. The predicted molar refractivity (Wildman–Crippen MR) is 58.3 cm³/mol. The molecule has 3 rings (SSSR count). The molecule has 2 aliphatic heterocycles. The third kappa shape index (κ3) is 1.02. The maximum absolute atomic E-state index is 2.22. The Balaban J connectivity index is 2.15. The number of benzene rings is 1. The Morgan fingerprint density at radius 3 is 2.93 bits per heavy atom. The maximum Gasteiger partial charge on any atom is 0.0772 e. The van der Waals surface area contributed by atoms with E-state index >= 15 is 0 Å². The van der Waals surface area contributed by atoms with Crippen molar-refractivity contribution in [2.24, 2.45) is 0 Å². The lowest BCUT2D eigenvalue weighted by molar-refractivity contribution is 0.430. The first-order valence-electron chi connectivity index (χ1n) is 4.85. The SMILES string of the molecule is C1=CC2c3ccccc3C=CN2C=C1. The topological polar surface area (TPSA) is 3.24 Å². The molecule has 0 aromatic heterocycles. The smallest absolute Gasteiger partial charge is 0.0772 e. The first kappa shape index (κ1) is 7.63. The van der Waals surface area contributed by atoms with Crippen LogP contribution in [0, 0.1) is 0 Å². The highest BCUT2D eigenvalue weighted by Gasteiger charge is 2.19. The molecular formula is C13H11N. The van der Waals surface area contributed by atoms with Gasteiger partial charge in [0, 0.05) is 12.4 Å². The summed E-state index contributed by atoms with van der Waals surface area (Å²) >= 11 is 0. The number of nitrogens with zero attached hydrogens (tertiary/aromatic N) is 1. The van der Waals surface area contributed by atoms with Crippen LogP contribution in [-0.2, 0) is 0 Å². The van der Waals surface area contributed by atoms with Crippen molar-refractivity contribution in [3.63, 3.8) is 0 Å². The Morgan fingerprint density at radius 2 is 1.93 bits per heavy atom. The average molecular weight is 181 g/mol. The minimum Gasteiger partial charge on any atom is -0.343 e. The lowest BCUT2D eigenvalue weighted by Crippen LogP contribution is -2.21. The largest absolute Gasteiger partial charge is 0.343 e. The van der Waals surface area contributed by atoms with Gasteiger partial charge < -0.3 is 4.90 Å². The van der Waals surface area contributed by atoms with Crippen LogP contribution in [0.15, 0.2) is 54.9 Å². The zero-order valence-corrected chi connectivity index (χ0v) is 7.80. The van der Waals surface area contributed by atoms with Gasteiger partial charge in [-0.15, -0.1) is 0 Å². The highest BCUT2D eigenvalue weighted by Crippen LogP contribution is 2.32. The van der Waals surface area contributed by atoms with E-state index in [0.29, 0.717) is 6.04 Å². The minimum absolute atomic E-state index is 0.390. The van der Waals surface area contributed by atoms with Gasteiger partial charge in [0.2, 0.25) is 0 Å². The molecule has 0 N–H and O–H groups in total. The van der Waals surface area contributed by atoms with Crippen molar-refractivity contribution < 1.29 is 0 Å². The van der Waals surface area contributed by atoms with Crippen molar-refractivity contribution >= 4 is 6.08 Å². The van der Waals surface area contributed by atoms with Gasteiger partial charge >= 0.3 is 0 Å². The van der Waals surface area contributed by atoms with E-state index < -0.39 is 0 Å². The van der Waals surface area contributed by atoms with Crippen LogP contribution >= 0.6 is 0 Å². The molecule has 2 heterocycles. The molecule has 0 fully saturated rings. The van der Waals surface area contributed by atoms with Gasteiger partial charge in [0.25, 0.3) is 0 Å². The van der Waals surface area contributed by atoms with Crippen LogP contribution in [-0.4, -0.2) is 4.90 Å². The van der Waals surface area contributed by atoms with Gasteiger partial charge in [-0.05, 0) is 23.3 Å². The molecule has 0 spiro atoms. The fraction of sp³-hybridized carbons (Fsp3) is 0.0769. The standard InChI is InChI=1S/C13H11N/c1-2-6-12-11(5-1)8-10-14-9-4-3-7-13(12)14/h1-10,13H. The van der Waals surface area contributed by atoms with Gasteiger partial charge in [-0.2, -0.15) is 0 Å². The van der Waals surface area contributed by atoms with E-state index in [-0.39, 0.29) is 0 Å². The monoisotopic (exact) mass is 181 g/mol. The van der Waals surface area contributed by atoms with Crippen molar-refractivity contribution in [3.05, 3.63) is 66.0 Å². The first-order chi connectivity index (χ1) is 6.95. The second kappa shape index (κ2) is 2.88. The Hall–Kier alpha value is -1.76. The second-order valence-electron chi connectivity index (χ2n) is 3.56. The van der Waals surface area contributed by atoms with Crippen LogP contribution in [0.5, 0.6) is 0 Å². The number of hydrogen-bond acceptors (Lipinski definition) is 1. The van der Waals surface area contributed by atoms with E-state index in [4.69, 9.17) is 0 Å². The summed E-state index contributed by atoms with van der Waals surface area (Å²) in [5.74, 6) is 0. The molecule has 0 saturated heterocycles. The summed E-state index contributed by atoms with van der Waals surface area (Å²) in [7, 11) is 0. The van der Waals surface area contributed by atoms with Crippen LogP contribution in [0.4, 0.5) is 0 Å².